The van der Waals surface area contributed by atoms with E-state index in [0.29, 0.717) is 16.3 Å². The third kappa shape index (κ3) is 3.13. The number of aromatic nitrogens is 1. The summed E-state index contributed by atoms with van der Waals surface area (Å²) >= 11 is 1.46. The summed E-state index contributed by atoms with van der Waals surface area (Å²) in [5.74, 6) is -0.0583. The number of benzene rings is 2. The predicted molar refractivity (Wildman–Crippen MR) is 108 cm³/mol. The number of aryl methyl sites for hydroxylation is 2. The van der Waals surface area contributed by atoms with Gasteiger partial charge in [0, 0.05) is 16.1 Å². The number of thiazole rings is 1. The number of hydrogen-bond donors (Lipinski definition) is 2. The van der Waals surface area contributed by atoms with E-state index in [4.69, 9.17) is 10.4 Å². The van der Waals surface area contributed by atoms with Crippen LogP contribution in [0.25, 0.3) is 16.8 Å². The van der Waals surface area contributed by atoms with Crippen LogP contribution in [0, 0.1) is 25.1 Å². The lowest BCUT2D eigenvalue weighted by Crippen LogP contribution is -2.25. The standard InChI is InChI=1S/C21H18FN3OS/c1-12-3-5-14(6-4-12)19-13(2)27-21(24-19)18-17(26)11-25(20(18)23)16-9-7-15(22)8-10-16/h3-10,23,26H,11H2,1-2H3. The van der Waals surface area contributed by atoms with E-state index in [1.165, 1.54) is 29.0 Å². The van der Waals surface area contributed by atoms with Gasteiger partial charge in [-0.3, -0.25) is 5.41 Å². The fourth-order valence-electron chi connectivity index (χ4n) is 3.13. The van der Waals surface area contributed by atoms with Gasteiger partial charge in [-0.15, -0.1) is 11.3 Å². The molecule has 1 aromatic heterocycles. The lowest BCUT2D eigenvalue weighted by atomic mass is 10.1. The van der Waals surface area contributed by atoms with Gasteiger partial charge in [0.15, 0.2) is 0 Å². The highest BCUT2D eigenvalue weighted by atomic mass is 32.1. The SMILES string of the molecule is Cc1ccc(-c2nc(C3=C(O)CN(c4ccc(F)cc4)C3=N)sc2C)cc1. The first-order valence-corrected chi connectivity index (χ1v) is 9.34. The second-order valence-electron chi connectivity index (χ2n) is 6.52. The zero-order valence-corrected chi connectivity index (χ0v) is 15.8. The zero-order valence-electron chi connectivity index (χ0n) is 15.0. The Balaban J connectivity index is 1.68. The monoisotopic (exact) mass is 379 g/mol. The minimum Gasteiger partial charge on any atom is -0.510 e. The molecule has 1 aliphatic heterocycles. The second kappa shape index (κ2) is 6.63. The summed E-state index contributed by atoms with van der Waals surface area (Å²) in [7, 11) is 0. The first-order chi connectivity index (χ1) is 12.9. The van der Waals surface area contributed by atoms with Gasteiger partial charge in [-0.2, -0.15) is 0 Å². The minimum absolute atomic E-state index is 0.105. The van der Waals surface area contributed by atoms with Gasteiger partial charge in [-0.1, -0.05) is 29.8 Å². The van der Waals surface area contributed by atoms with Gasteiger partial charge < -0.3 is 10.0 Å². The van der Waals surface area contributed by atoms with Crippen LogP contribution in [0.2, 0.25) is 0 Å². The molecule has 136 valence electrons. The molecule has 0 unspecified atom stereocenters. The number of anilines is 1. The van der Waals surface area contributed by atoms with E-state index in [0.717, 1.165) is 16.1 Å². The molecule has 6 heteroatoms. The molecule has 3 aromatic rings. The molecule has 2 N–H and O–H groups in total. The smallest absolute Gasteiger partial charge is 0.139 e. The van der Waals surface area contributed by atoms with Gasteiger partial charge in [0.2, 0.25) is 0 Å². The molecule has 27 heavy (non-hydrogen) atoms. The number of nitrogens with zero attached hydrogens (tertiary/aromatic N) is 2. The van der Waals surface area contributed by atoms with Crippen LogP contribution in [0.15, 0.2) is 54.3 Å². The maximum absolute atomic E-state index is 13.2. The first kappa shape index (κ1) is 17.4. The molecule has 0 atom stereocenters. The van der Waals surface area contributed by atoms with Crippen molar-refractivity contribution in [2.75, 3.05) is 11.4 Å². The van der Waals surface area contributed by atoms with Gasteiger partial charge in [0.1, 0.15) is 22.4 Å². The van der Waals surface area contributed by atoms with Crippen LogP contribution < -0.4 is 4.90 Å². The van der Waals surface area contributed by atoms with Crippen molar-refractivity contribution < 1.29 is 9.50 Å². The molecule has 4 rings (SSSR count). The molecule has 0 fully saturated rings. The van der Waals surface area contributed by atoms with E-state index in [-0.39, 0.29) is 24.0 Å². The Morgan fingerprint density at radius 2 is 1.74 bits per heavy atom. The van der Waals surface area contributed by atoms with Crippen LogP contribution in [-0.4, -0.2) is 22.5 Å². The molecular weight excluding hydrogens is 361 g/mol. The van der Waals surface area contributed by atoms with Crippen molar-refractivity contribution >= 4 is 28.4 Å². The van der Waals surface area contributed by atoms with Crippen molar-refractivity contribution in [2.45, 2.75) is 13.8 Å². The summed E-state index contributed by atoms with van der Waals surface area (Å²) in [4.78, 5) is 7.38. The number of aliphatic hydroxyl groups excluding tert-OH is 1. The average Bonchev–Trinajstić information content (AvgIpc) is 3.16. The molecule has 4 nitrogen and oxygen atoms in total. The van der Waals surface area contributed by atoms with Gasteiger partial charge >= 0.3 is 0 Å². The maximum Gasteiger partial charge on any atom is 0.139 e. The summed E-state index contributed by atoms with van der Waals surface area (Å²) in [5, 5.41) is 19.6. The molecule has 0 radical (unpaired) electrons. The maximum atomic E-state index is 13.2. The van der Waals surface area contributed by atoms with Gasteiger partial charge in [-0.05, 0) is 38.1 Å². The van der Waals surface area contributed by atoms with Crippen molar-refractivity contribution in [3.8, 4) is 11.3 Å². The van der Waals surface area contributed by atoms with Crippen LogP contribution in [-0.2, 0) is 0 Å². The van der Waals surface area contributed by atoms with E-state index < -0.39 is 0 Å². The Morgan fingerprint density at radius 3 is 2.41 bits per heavy atom. The molecule has 2 heterocycles. The summed E-state index contributed by atoms with van der Waals surface area (Å²) in [6, 6.07) is 14.0. The van der Waals surface area contributed by atoms with Gasteiger partial charge in [-0.25, -0.2) is 9.37 Å². The van der Waals surface area contributed by atoms with Crippen molar-refractivity contribution in [2.24, 2.45) is 0 Å². The Hall–Kier alpha value is -2.99. The average molecular weight is 379 g/mol. The van der Waals surface area contributed by atoms with Crippen LogP contribution in [0.1, 0.15) is 15.4 Å². The zero-order chi connectivity index (χ0) is 19.1. The molecule has 0 aliphatic carbocycles. The quantitative estimate of drug-likeness (QED) is 0.646. The Morgan fingerprint density at radius 1 is 1.07 bits per heavy atom. The van der Waals surface area contributed by atoms with Crippen LogP contribution in [0.4, 0.5) is 10.1 Å². The van der Waals surface area contributed by atoms with Crippen molar-refractivity contribution in [3.63, 3.8) is 0 Å². The van der Waals surface area contributed by atoms with E-state index >= 15 is 0 Å². The van der Waals surface area contributed by atoms with E-state index in [2.05, 4.69) is 0 Å². The summed E-state index contributed by atoms with van der Waals surface area (Å²) in [6.45, 7) is 4.21. The predicted octanol–water partition coefficient (Wildman–Crippen LogP) is 5.33. The molecule has 0 amide bonds. The fraction of sp³-hybridized carbons (Fsp3) is 0.143. The largest absolute Gasteiger partial charge is 0.510 e. The number of hydrogen-bond acceptors (Lipinski definition) is 4. The van der Waals surface area contributed by atoms with Crippen molar-refractivity contribution in [1.82, 2.24) is 4.98 Å². The first-order valence-electron chi connectivity index (χ1n) is 8.53. The normalized spacial score (nSPS) is 14.3. The Labute approximate surface area is 160 Å². The summed E-state index contributed by atoms with van der Waals surface area (Å²) in [6.07, 6.45) is 0. The van der Waals surface area contributed by atoms with E-state index in [9.17, 15) is 9.50 Å². The van der Waals surface area contributed by atoms with Crippen molar-refractivity contribution in [1.29, 1.82) is 5.41 Å². The molecular formula is C21H18FN3OS. The number of amidine groups is 1. The van der Waals surface area contributed by atoms with Crippen molar-refractivity contribution in [3.05, 3.63) is 75.6 Å². The summed E-state index contributed by atoms with van der Waals surface area (Å²) in [5.41, 5.74) is 4.16. The molecule has 2 aromatic carbocycles. The lowest BCUT2D eigenvalue weighted by molar-refractivity contribution is 0.411. The second-order valence-corrected chi connectivity index (χ2v) is 7.73. The highest BCUT2D eigenvalue weighted by molar-refractivity contribution is 7.13. The highest BCUT2D eigenvalue weighted by Gasteiger charge is 2.31. The van der Waals surface area contributed by atoms with Crippen LogP contribution >= 0.6 is 11.3 Å². The Kier molecular flexibility index (Phi) is 4.28. The number of nitrogens with one attached hydrogen (secondary N) is 1. The minimum atomic E-state index is -0.333. The Bertz CT molecular complexity index is 1050. The number of rotatable bonds is 3. The third-order valence-electron chi connectivity index (χ3n) is 4.58. The molecule has 0 spiro atoms. The van der Waals surface area contributed by atoms with E-state index in [1.54, 1.807) is 17.0 Å². The topological polar surface area (TPSA) is 60.2 Å². The third-order valence-corrected chi connectivity index (χ3v) is 5.57. The van der Waals surface area contributed by atoms with Crippen LogP contribution in [0.5, 0.6) is 0 Å². The highest BCUT2D eigenvalue weighted by Crippen LogP contribution is 2.36. The molecule has 0 saturated carbocycles. The van der Waals surface area contributed by atoms with Crippen LogP contribution in [0.3, 0.4) is 0 Å². The molecule has 0 saturated heterocycles. The number of aliphatic hydroxyl groups is 1. The number of halogens is 1. The van der Waals surface area contributed by atoms with Gasteiger partial charge in [0.05, 0.1) is 17.8 Å². The summed E-state index contributed by atoms with van der Waals surface area (Å²) < 4.78 is 13.2. The molecule has 1 aliphatic rings. The lowest BCUT2D eigenvalue weighted by Gasteiger charge is -2.18. The fourth-order valence-corrected chi connectivity index (χ4v) is 4.13. The van der Waals surface area contributed by atoms with Gasteiger partial charge in [0.25, 0.3) is 0 Å². The van der Waals surface area contributed by atoms with E-state index in [1.807, 2.05) is 38.1 Å². The molecule has 0 bridgehead atoms.